The molecule has 1 fully saturated rings. The summed E-state index contributed by atoms with van der Waals surface area (Å²) in [6.45, 7) is 0.758. The highest BCUT2D eigenvalue weighted by molar-refractivity contribution is 6.32. The molecule has 11 heteroatoms. The van der Waals surface area contributed by atoms with Gasteiger partial charge in [0.1, 0.15) is 23.3 Å². The van der Waals surface area contributed by atoms with Gasteiger partial charge in [0.15, 0.2) is 5.82 Å². The lowest BCUT2D eigenvalue weighted by atomic mass is 10.2. The molecule has 1 saturated heterocycles. The van der Waals surface area contributed by atoms with Crippen molar-refractivity contribution in [2.24, 2.45) is 0 Å². The van der Waals surface area contributed by atoms with E-state index in [9.17, 15) is 13.2 Å². The Hall–Kier alpha value is -2.51. The number of nitrogens with zero attached hydrogens (tertiary/aromatic N) is 4. The van der Waals surface area contributed by atoms with Crippen molar-refractivity contribution in [1.29, 1.82) is 5.26 Å². The van der Waals surface area contributed by atoms with Crippen LogP contribution < -0.4 is 11.1 Å². The van der Waals surface area contributed by atoms with Crippen LogP contribution in [0.25, 0.3) is 5.82 Å². The molecular formula is C15H14ClF3N6O. The Morgan fingerprint density at radius 1 is 1.50 bits per heavy atom. The number of aromatic nitrogens is 3. The molecule has 0 radical (unpaired) electrons. The highest BCUT2D eigenvalue weighted by Gasteiger charge is 2.36. The summed E-state index contributed by atoms with van der Waals surface area (Å²) >= 11 is 5.98. The zero-order valence-electron chi connectivity index (χ0n) is 13.3. The first-order chi connectivity index (χ1) is 12.3. The maximum Gasteiger partial charge on any atom is 0.420 e. The Morgan fingerprint density at radius 2 is 2.27 bits per heavy atom. The van der Waals surface area contributed by atoms with Crippen LogP contribution in [0.5, 0.6) is 0 Å². The SMILES string of the molecule is N#Cc1cnn(-c2nc(NCC3CCCO3)c(C(F)(F)F)cc2Cl)c1N. The van der Waals surface area contributed by atoms with Crippen molar-refractivity contribution in [3.63, 3.8) is 0 Å². The number of anilines is 2. The second-order valence-electron chi connectivity index (χ2n) is 5.67. The van der Waals surface area contributed by atoms with Crippen molar-refractivity contribution in [2.45, 2.75) is 25.1 Å². The fraction of sp³-hybridized carbons (Fsp3) is 0.400. The maximum atomic E-state index is 13.3. The lowest BCUT2D eigenvalue weighted by molar-refractivity contribution is -0.137. The minimum absolute atomic E-state index is 0.0632. The van der Waals surface area contributed by atoms with Crippen LogP contribution in [0.2, 0.25) is 5.02 Å². The number of alkyl halides is 3. The van der Waals surface area contributed by atoms with E-state index in [1.54, 1.807) is 0 Å². The van der Waals surface area contributed by atoms with Crippen LogP contribution in [0.15, 0.2) is 12.3 Å². The number of pyridine rings is 1. The van der Waals surface area contributed by atoms with Gasteiger partial charge in [0.25, 0.3) is 0 Å². The van der Waals surface area contributed by atoms with E-state index in [0.29, 0.717) is 6.61 Å². The van der Waals surface area contributed by atoms with Crippen LogP contribution in [0.1, 0.15) is 24.0 Å². The number of rotatable bonds is 4. The molecule has 1 aliphatic rings. The lowest BCUT2D eigenvalue weighted by Crippen LogP contribution is -2.22. The molecule has 0 aliphatic carbocycles. The summed E-state index contributed by atoms with van der Waals surface area (Å²) in [5.74, 6) is -0.568. The van der Waals surface area contributed by atoms with Crippen LogP contribution in [0, 0.1) is 11.3 Å². The standard InChI is InChI=1S/C15H14ClF3N6O/c16-11-4-10(15(17,18)19)13(22-7-9-2-1-3-26-9)24-14(11)25-12(21)8(5-20)6-23-25/h4,6,9H,1-3,7,21H2,(H,22,24). The van der Waals surface area contributed by atoms with Gasteiger partial charge in [-0.2, -0.15) is 28.2 Å². The lowest BCUT2D eigenvalue weighted by Gasteiger charge is -2.18. The van der Waals surface area contributed by atoms with E-state index in [-0.39, 0.29) is 34.9 Å². The van der Waals surface area contributed by atoms with Crippen molar-refractivity contribution in [2.75, 3.05) is 24.2 Å². The summed E-state index contributed by atoms with van der Waals surface area (Å²) in [5, 5.41) is 15.2. The molecule has 7 nitrogen and oxygen atoms in total. The average molecular weight is 387 g/mol. The molecule has 1 aliphatic heterocycles. The number of hydrogen-bond acceptors (Lipinski definition) is 6. The summed E-state index contributed by atoms with van der Waals surface area (Å²) in [5.41, 5.74) is 4.84. The number of nitrogen functional groups attached to an aromatic ring is 1. The van der Waals surface area contributed by atoms with Gasteiger partial charge in [0, 0.05) is 13.2 Å². The molecule has 0 saturated carbocycles. The highest BCUT2D eigenvalue weighted by Crippen LogP contribution is 2.37. The quantitative estimate of drug-likeness (QED) is 0.837. The van der Waals surface area contributed by atoms with Crippen LogP contribution in [0.3, 0.4) is 0 Å². The molecule has 3 heterocycles. The van der Waals surface area contributed by atoms with E-state index in [4.69, 9.17) is 27.3 Å². The molecule has 0 spiro atoms. The normalized spacial score (nSPS) is 17.3. The van der Waals surface area contributed by atoms with Crippen molar-refractivity contribution in [3.8, 4) is 11.9 Å². The van der Waals surface area contributed by atoms with E-state index in [1.807, 2.05) is 6.07 Å². The first-order valence-corrected chi connectivity index (χ1v) is 8.06. The van der Waals surface area contributed by atoms with Gasteiger partial charge in [0.05, 0.1) is 22.9 Å². The summed E-state index contributed by atoms with van der Waals surface area (Å²) in [6, 6.07) is 2.58. The van der Waals surface area contributed by atoms with Crippen molar-refractivity contribution in [3.05, 3.63) is 28.4 Å². The van der Waals surface area contributed by atoms with E-state index in [2.05, 4.69) is 15.4 Å². The molecule has 1 atom stereocenters. The second kappa shape index (κ2) is 7.01. The number of nitrogens with one attached hydrogen (secondary N) is 1. The van der Waals surface area contributed by atoms with Crippen LogP contribution in [-0.4, -0.2) is 34.0 Å². The zero-order valence-corrected chi connectivity index (χ0v) is 14.1. The molecule has 2 aromatic rings. The topological polar surface area (TPSA) is 102 Å². The van der Waals surface area contributed by atoms with Gasteiger partial charge >= 0.3 is 6.18 Å². The molecule has 2 aromatic heterocycles. The third-order valence-electron chi connectivity index (χ3n) is 3.91. The summed E-state index contributed by atoms with van der Waals surface area (Å²) < 4.78 is 46.5. The monoisotopic (exact) mass is 386 g/mol. The molecule has 26 heavy (non-hydrogen) atoms. The van der Waals surface area contributed by atoms with E-state index < -0.39 is 17.6 Å². The Bertz CT molecular complexity index is 854. The smallest absolute Gasteiger partial charge is 0.382 e. The van der Waals surface area contributed by atoms with E-state index in [0.717, 1.165) is 23.6 Å². The van der Waals surface area contributed by atoms with Gasteiger partial charge in [-0.1, -0.05) is 11.6 Å². The molecule has 0 aromatic carbocycles. The first-order valence-electron chi connectivity index (χ1n) is 7.68. The van der Waals surface area contributed by atoms with E-state index >= 15 is 0 Å². The maximum absolute atomic E-state index is 13.3. The van der Waals surface area contributed by atoms with Gasteiger partial charge in [-0.3, -0.25) is 0 Å². The number of halogens is 4. The minimum Gasteiger partial charge on any atom is -0.382 e. The Kier molecular flexibility index (Phi) is 4.93. The van der Waals surface area contributed by atoms with Gasteiger partial charge in [-0.15, -0.1) is 0 Å². The van der Waals surface area contributed by atoms with Gasteiger partial charge in [-0.05, 0) is 18.9 Å². The van der Waals surface area contributed by atoms with Crippen molar-refractivity contribution in [1.82, 2.24) is 14.8 Å². The fourth-order valence-corrected chi connectivity index (χ4v) is 2.84. The van der Waals surface area contributed by atoms with Gasteiger partial charge in [0.2, 0.25) is 0 Å². The predicted molar refractivity (Wildman–Crippen MR) is 88.0 cm³/mol. The Labute approximate surface area is 151 Å². The molecule has 0 bridgehead atoms. The number of nitrogens with two attached hydrogens (primary N) is 1. The molecule has 1 unspecified atom stereocenters. The number of ether oxygens (including phenoxy) is 1. The fourth-order valence-electron chi connectivity index (χ4n) is 2.61. The van der Waals surface area contributed by atoms with Crippen LogP contribution in [-0.2, 0) is 10.9 Å². The summed E-state index contributed by atoms with van der Waals surface area (Å²) in [6.07, 6.45) is -2.03. The highest BCUT2D eigenvalue weighted by atomic mass is 35.5. The molecule has 3 N–H and O–H groups in total. The van der Waals surface area contributed by atoms with Gasteiger partial charge in [-0.25, -0.2) is 4.98 Å². The largest absolute Gasteiger partial charge is 0.420 e. The minimum atomic E-state index is -4.65. The third-order valence-corrected chi connectivity index (χ3v) is 4.19. The first kappa shape index (κ1) is 18.3. The zero-order chi connectivity index (χ0) is 18.9. The molecule has 138 valence electrons. The van der Waals surface area contributed by atoms with E-state index in [1.165, 1.54) is 6.20 Å². The average Bonchev–Trinajstić information content (AvgIpc) is 3.22. The summed E-state index contributed by atoms with van der Waals surface area (Å²) in [7, 11) is 0. The molecular weight excluding hydrogens is 373 g/mol. The molecule has 3 rings (SSSR count). The third kappa shape index (κ3) is 3.54. The van der Waals surface area contributed by atoms with Crippen molar-refractivity contribution < 1.29 is 17.9 Å². The van der Waals surface area contributed by atoms with Gasteiger partial charge < -0.3 is 15.8 Å². The Balaban J connectivity index is 2.01. The molecule has 0 amide bonds. The summed E-state index contributed by atoms with van der Waals surface area (Å²) in [4.78, 5) is 3.97. The predicted octanol–water partition coefficient (Wildman–Crippen LogP) is 2.98. The Morgan fingerprint density at radius 3 is 2.85 bits per heavy atom. The number of nitriles is 1. The van der Waals surface area contributed by atoms with Crippen LogP contribution >= 0.6 is 11.6 Å². The number of hydrogen-bond donors (Lipinski definition) is 2. The second-order valence-corrected chi connectivity index (χ2v) is 6.08. The van der Waals surface area contributed by atoms with Crippen LogP contribution in [0.4, 0.5) is 24.8 Å². The van der Waals surface area contributed by atoms with Crippen molar-refractivity contribution >= 4 is 23.2 Å².